The average molecular weight is 478 g/mol. The number of amides is 4. The standard InChI is InChI=1S/C26H43N3O5/c1-25(2,3)34-22(31)20(17-29-23(32)26(4,5)27(6)24(29)33)19(16-18-12-8-9-13-18)21(30)28-14-10-7-11-15-28/h18-20H,7-17H2,1-6H3/t19-,20-/m1/s1. The van der Waals surface area contributed by atoms with Gasteiger partial charge in [-0.2, -0.15) is 0 Å². The van der Waals surface area contributed by atoms with E-state index in [1.807, 2.05) is 4.90 Å². The van der Waals surface area contributed by atoms with Gasteiger partial charge in [-0.1, -0.05) is 25.7 Å². The van der Waals surface area contributed by atoms with Crippen LogP contribution in [0.2, 0.25) is 0 Å². The van der Waals surface area contributed by atoms with E-state index < -0.39 is 35.0 Å². The van der Waals surface area contributed by atoms with Gasteiger partial charge in [0.1, 0.15) is 11.1 Å². The zero-order valence-corrected chi connectivity index (χ0v) is 21.9. The van der Waals surface area contributed by atoms with Gasteiger partial charge in [-0.15, -0.1) is 0 Å². The van der Waals surface area contributed by atoms with Crippen molar-refractivity contribution >= 4 is 23.8 Å². The van der Waals surface area contributed by atoms with Crippen LogP contribution in [-0.4, -0.2) is 76.3 Å². The Labute approximate surface area is 204 Å². The number of hydrogen-bond donors (Lipinski definition) is 0. The minimum Gasteiger partial charge on any atom is -0.460 e. The van der Waals surface area contributed by atoms with Crippen LogP contribution in [0.3, 0.4) is 0 Å². The Morgan fingerprint density at radius 1 is 1.00 bits per heavy atom. The quantitative estimate of drug-likeness (QED) is 0.411. The summed E-state index contributed by atoms with van der Waals surface area (Å²) in [6, 6.07) is -0.436. The Bertz CT molecular complexity index is 791. The van der Waals surface area contributed by atoms with E-state index in [4.69, 9.17) is 4.74 Å². The molecule has 0 aromatic rings. The van der Waals surface area contributed by atoms with Crippen molar-refractivity contribution in [1.29, 1.82) is 0 Å². The van der Waals surface area contributed by atoms with E-state index in [9.17, 15) is 19.2 Å². The summed E-state index contributed by atoms with van der Waals surface area (Å²) in [6.07, 6.45) is 7.97. The van der Waals surface area contributed by atoms with E-state index >= 15 is 0 Å². The lowest BCUT2D eigenvalue weighted by Gasteiger charge is -2.36. The molecule has 2 saturated heterocycles. The normalized spacial score (nSPS) is 23.4. The summed E-state index contributed by atoms with van der Waals surface area (Å²) in [4.78, 5) is 58.0. The second kappa shape index (κ2) is 10.2. The highest BCUT2D eigenvalue weighted by atomic mass is 16.6. The molecule has 1 aliphatic carbocycles. The third-order valence-corrected chi connectivity index (χ3v) is 7.75. The van der Waals surface area contributed by atoms with Crippen LogP contribution < -0.4 is 0 Å². The molecule has 2 aliphatic heterocycles. The van der Waals surface area contributed by atoms with Crippen molar-refractivity contribution < 1.29 is 23.9 Å². The monoisotopic (exact) mass is 477 g/mol. The summed E-state index contributed by atoms with van der Waals surface area (Å²) >= 11 is 0. The number of carbonyl (C=O) groups excluding carboxylic acids is 4. The largest absolute Gasteiger partial charge is 0.460 e. The van der Waals surface area contributed by atoms with Gasteiger partial charge in [0.15, 0.2) is 0 Å². The summed E-state index contributed by atoms with van der Waals surface area (Å²) in [7, 11) is 1.59. The molecule has 0 N–H and O–H groups in total. The molecule has 192 valence electrons. The summed E-state index contributed by atoms with van der Waals surface area (Å²) in [5.41, 5.74) is -1.73. The predicted octanol–water partition coefficient (Wildman–Crippen LogP) is 3.83. The molecule has 2 atom stereocenters. The third kappa shape index (κ3) is 5.74. The first-order valence-corrected chi connectivity index (χ1v) is 12.9. The molecule has 34 heavy (non-hydrogen) atoms. The van der Waals surface area contributed by atoms with Crippen LogP contribution >= 0.6 is 0 Å². The average Bonchev–Trinajstić information content (AvgIpc) is 3.33. The number of urea groups is 1. The number of piperidine rings is 1. The minimum absolute atomic E-state index is 0.0332. The SMILES string of the molecule is CN1C(=O)N(C[C@@H](C(=O)OC(C)(C)C)[C@@H](CC2CCCC2)C(=O)N2CCCCC2)C(=O)C1(C)C. The molecule has 3 fully saturated rings. The van der Waals surface area contributed by atoms with Gasteiger partial charge in [0.2, 0.25) is 5.91 Å². The topological polar surface area (TPSA) is 87.2 Å². The second-order valence-corrected chi connectivity index (χ2v) is 11.8. The molecule has 0 bridgehead atoms. The Morgan fingerprint density at radius 3 is 2.09 bits per heavy atom. The van der Waals surface area contributed by atoms with E-state index in [-0.39, 0.29) is 18.4 Å². The van der Waals surface area contributed by atoms with Gasteiger partial charge >= 0.3 is 12.0 Å². The third-order valence-electron chi connectivity index (χ3n) is 7.75. The number of imide groups is 1. The van der Waals surface area contributed by atoms with Crippen LogP contribution in [0.4, 0.5) is 4.79 Å². The van der Waals surface area contributed by atoms with Crippen LogP contribution in [-0.2, 0) is 19.1 Å². The lowest BCUT2D eigenvalue weighted by molar-refractivity contribution is -0.166. The fourth-order valence-electron chi connectivity index (χ4n) is 5.47. The summed E-state index contributed by atoms with van der Waals surface area (Å²) < 4.78 is 5.77. The molecular formula is C26H43N3O5. The number of ether oxygens (including phenoxy) is 1. The number of hydrogen-bond acceptors (Lipinski definition) is 5. The summed E-state index contributed by atoms with van der Waals surface area (Å²) in [6.45, 7) is 10.0. The fraction of sp³-hybridized carbons (Fsp3) is 0.846. The number of esters is 1. The Kier molecular flexibility index (Phi) is 7.98. The van der Waals surface area contributed by atoms with Crippen molar-refractivity contribution in [2.75, 3.05) is 26.7 Å². The fourth-order valence-corrected chi connectivity index (χ4v) is 5.47. The lowest BCUT2D eigenvalue weighted by Crippen LogP contribution is -2.49. The predicted molar refractivity (Wildman–Crippen MR) is 129 cm³/mol. The molecule has 8 nitrogen and oxygen atoms in total. The van der Waals surface area contributed by atoms with Gasteiger partial charge in [0, 0.05) is 26.7 Å². The van der Waals surface area contributed by atoms with Gasteiger partial charge in [-0.25, -0.2) is 4.79 Å². The molecule has 1 saturated carbocycles. The Morgan fingerprint density at radius 2 is 1.59 bits per heavy atom. The molecule has 3 rings (SSSR count). The maximum atomic E-state index is 13.8. The van der Waals surface area contributed by atoms with Crippen LogP contribution in [0, 0.1) is 17.8 Å². The van der Waals surface area contributed by atoms with E-state index in [1.54, 1.807) is 41.7 Å². The maximum absolute atomic E-state index is 13.8. The van der Waals surface area contributed by atoms with Gasteiger partial charge in [0.05, 0.1) is 11.8 Å². The molecule has 8 heteroatoms. The number of nitrogens with zero attached hydrogens (tertiary/aromatic N) is 3. The zero-order valence-electron chi connectivity index (χ0n) is 21.9. The summed E-state index contributed by atoms with van der Waals surface area (Å²) in [5, 5.41) is 0. The molecule has 0 aromatic carbocycles. The van der Waals surface area contributed by atoms with Gasteiger partial charge in [-0.3, -0.25) is 19.3 Å². The van der Waals surface area contributed by atoms with Crippen LogP contribution in [0.15, 0.2) is 0 Å². The molecule has 0 aromatic heterocycles. The molecule has 4 amide bonds. The minimum atomic E-state index is -0.993. The van der Waals surface area contributed by atoms with Crippen LogP contribution in [0.25, 0.3) is 0 Å². The van der Waals surface area contributed by atoms with Crippen molar-refractivity contribution in [2.45, 2.75) is 97.1 Å². The van der Waals surface area contributed by atoms with E-state index in [1.165, 1.54) is 4.90 Å². The molecule has 0 spiro atoms. The smallest absolute Gasteiger partial charge is 0.327 e. The number of likely N-dealkylation sites (tertiary alicyclic amines) is 1. The van der Waals surface area contributed by atoms with E-state index in [2.05, 4.69) is 0 Å². The van der Waals surface area contributed by atoms with Gasteiger partial charge < -0.3 is 14.5 Å². The van der Waals surface area contributed by atoms with Gasteiger partial charge in [-0.05, 0) is 66.2 Å². The highest BCUT2D eigenvalue weighted by Crippen LogP contribution is 2.36. The van der Waals surface area contributed by atoms with Crippen molar-refractivity contribution in [1.82, 2.24) is 14.7 Å². The van der Waals surface area contributed by atoms with E-state index in [0.29, 0.717) is 25.4 Å². The number of rotatable bonds is 7. The molecule has 2 heterocycles. The van der Waals surface area contributed by atoms with Crippen molar-refractivity contribution in [3.05, 3.63) is 0 Å². The van der Waals surface area contributed by atoms with Crippen LogP contribution in [0.5, 0.6) is 0 Å². The Balaban J connectivity index is 1.95. The van der Waals surface area contributed by atoms with E-state index in [0.717, 1.165) is 49.8 Å². The highest BCUT2D eigenvalue weighted by Gasteiger charge is 2.52. The second-order valence-electron chi connectivity index (χ2n) is 11.8. The Hall–Kier alpha value is -2.12. The van der Waals surface area contributed by atoms with Gasteiger partial charge in [0.25, 0.3) is 5.91 Å². The molecular weight excluding hydrogens is 434 g/mol. The first-order chi connectivity index (χ1) is 15.8. The number of likely N-dealkylation sites (N-methyl/N-ethyl adjacent to an activating group) is 1. The zero-order chi connectivity index (χ0) is 25.3. The van der Waals surface area contributed by atoms with Crippen molar-refractivity contribution in [3.63, 3.8) is 0 Å². The highest BCUT2D eigenvalue weighted by molar-refractivity contribution is 6.06. The first kappa shape index (κ1) is 26.5. The van der Waals surface area contributed by atoms with Crippen molar-refractivity contribution in [2.24, 2.45) is 17.8 Å². The lowest BCUT2D eigenvalue weighted by atomic mass is 9.81. The number of carbonyl (C=O) groups is 4. The first-order valence-electron chi connectivity index (χ1n) is 12.9. The van der Waals surface area contributed by atoms with Crippen LogP contribution in [0.1, 0.15) is 86.0 Å². The molecule has 0 unspecified atom stereocenters. The molecule has 3 aliphatic rings. The molecule has 0 radical (unpaired) electrons. The maximum Gasteiger partial charge on any atom is 0.327 e. The summed E-state index contributed by atoms with van der Waals surface area (Å²) in [5.74, 6) is -2.01. The van der Waals surface area contributed by atoms with Crippen molar-refractivity contribution in [3.8, 4) is 0 Å².